The van der Waals surface area contributed by atoms with Crippen molar-refractivity contribution < 1.29 is 38.1 Å². The standard InChI is InChI=1S/C37H52N4O8/c1-5-47-36(45)37(15-14-27(2)3)22-28-12-13-31(32(21-28)46-4)49-25-34(43)38-16-18-41(17-8-11-33(42)39-26-37)35(44)24-40-19-20-48-30-10-7-6-9-29(30)23-40/h6-7,9-10,12-13,21,27H,5,8,11,14-20,22-26H2,1-4H3,(H,38,43)(H,39,42). The molecule has 12 nitrogen and oxygen atoms in total. The number of amides is 3. The zero-order valence-corrected chi connectivity index (χ0v) is 29.4. The van der Waals surface area contributed by atoms with Gasteiger partial charge in [-0.25, -0.2) is 0 Å². The van der Waals surface area contributed by atoms with E-state index in [1.165, 1.54) is 7.11 Å². The number of nitrogens with one attached hydrogen (secondary N) is 2. The Hall–Kier alpha value is -4.32. The van der Waals surface area contributed by atoms with Crippen LogP contribution in [0.4, 0.5) is 0 Å². The number of hydrogen-bond donors (Lipinski definition) is 2. The van der Waals surface area contributed by atoms with Gasteiger partial charge in [0.2, 0.25) is 11.8 Å². The molecule has 2 aromatic carbocycles. The van der Waals surface area contributed by atoms with E-state index in [0.29, 0.717) is 62.9 Å². The summed E-state index contributed by atoms with van der Waals surface area (Å²) in [6.07, 6.45) is 2.16. The summed E-state index contributed by atoms with van der Waals surface area (Å²) in [4.78, 5) is 57.0. The fourth-order valence-corrected chi connectivity index (χ4v) is 6.15. The van der Waals surface area contributed by atoms with Crippen molar-refractivity contribution in [3.8, 4) is 17.2 Å². The normalized spacial score (nSPS) is 19.9. The van der Waals surface area contributed by atoms with Crippen LogP contribution in [-0.4, -0.2) is 99.7 Å². The van der Waals surface area contributed by atoms with Gasteiger partial charge in [0.15, 0.2) is 18.1 Å². The molecule has 3 heterocycles. The van der Waals surface area contributed by atoms with Gasteiger partial charge in [-0.05, 0) is 62.3 Å². The molecule has 0 radical (unpaired) electrons. The van der Waals surface area contributed by atoms with Gasteiger partial charge in [0.05, 0.1) is 25.7 Å². The Balaban J connectivity index is 1.53. The Morgan fingerprint density at radius 2 is 1.82 bits per heavy atom. The van der Waals surface area contributed by atoms with Crippen LogP contribution in [0.2, 0.25) is 0 Å². The van der Waals surface area contributed by atoms with E-state index in [9.17, 15) is 19.2 Å². The second-order valence-corrected chi connectivity index (χ2v) is 13.2. The first-order valence-corrected chi connectivity index (χ1v) is 17.3. The maximum Gasteiger partial charge on any atom is 0.314 e. The van der Waals surface area contributed by atoms with Crippen LogP contribution >= 0.6 is 0 Å². The minimum absolute atomic E-state index is 0.101. The highest BCUT2D eigenvalue weighted by Gasteiger charge is 2.40. The molecule has 12 heteroatoms. The Bertz CT molecular complexity index is 1430. The predicted octanol–water partition coefficient (Wildman–Crippen LogP) is 3.35. The molecule has 1 atom stereocenters. The third kappa shape index (κ3) is 11.1. The summed E-state index contributed by atoms with van der Waals surface area (Å²) in [6, 6.07) is 13.2. The van der Waals surface area contributed by atoms with Gasteiger partial charge >= 0.3 is 5.97 Å². The molecule has 0 spiro atoms. The minimum atomic E-state index is -1.01. The second-order valence-electron chi connectivity index (χ2n) is 13.2. The molecular weight excluding hydrogens is 628 g/mol. The maximum atomic E-state index is 13.6. The van der Waals surface area contributed by atoms with Crippen LogP contribution in [0, 0.1) is 11.3 Å². The molecule has 3 aliphatic rings. The summed E-state index contributed by atoms with van der Waals surface area (Å²) in [5.41, 5.74) is 0.820. The van der Waals surface area contributed by atoms with Crippen molar-refractivity contribution in [2.45, 2.75) is 59.4 Å². The molecule has 49 heavy (non-hydrogen) atoms. The highest BCUT2D eigenvalue weighted by Crippen LogP contribution is 2.35. The first-order valence-electron chi connectivity index (χ1n) is 17.3. The summed E-state index contributed by atoms with van der Waals surface area (Å²) in [7, 11) is 1.52. The van der Waals surface area contributed by atoms with Gasteiger partial charge in [-0.3, -0.25) is 24.1 Å². The molecule has 2 N–H and O–H groups in total. The highest BCUT2D eigenvalue weighted by atomic mass is 16.5. The lowest BCUT2D eigenvalue weighted by atomic mass is 9.76. The average molecular weight is 681 g/mol. The molecule has 2 aromatic rings. The van der Waals surface area contributed by atoms with Gasteiger partial charge in [-0.15, -0.1) is 0 Å². The molecule has 0 aromatic heterocycles. The molecular formula is C37H52N4O8. The summed E-state index contributed by atoms with van der Waals surface area (Å²) in [6.45, 7) is 8.69. The minimum Gasteiger partial charge on any atom is -0.493 e. The Kier molecular flexibility index (Phi) is 14.1. The highest BCUT2D eigenvalue weighted by molar-refractivity contribution is 5.81. The SMILES string of the molecule is CCOC(=O)C1(CCC(C)C)CNC(=O)CCCN(C(=O)CN2CCOc3ccccc3C2)CCNC(=O)COc2ccc(cc2OC)C1. The molecule has 3 aliphatic heterocycles. The van der Waals surface area contributed by atoms with Crippen LogP contribution in [0.15, 0.2) is 42.5 Å². The van der Waals surface area contributed by atoms with Gasteiger partial charge in [-0.2, -0.15) is 0 Å². The lowest BCUT2D eigenvalue weighted by Gasteiger charge is -2.33. The topological polar surface area (TPSA) is 136 Å². The molecule has 5 rings (SSSR count). The number of fused-ring (bicyclic) bond motifs is 17. The smallest absolute Gasteiger partial charge is 0.314 e. The molecule has 0 fully saturated rings. The van der Waals surface area contributed by atoms with Crippen molar-refractivity contribution in [2.24, 2.45) is 11.3 Å². The third-order valence-electron chi connectivity index (χ3n) is 8.94. The second kappa shape index (κ2) is 18.4. The lowest BCUT2D eigenvalue weighted by molar-refractivity contribution is -0.156. The molecule has 0 aliphatic carbocycles. The van der Waals surface area contributed by atoms with Crippen LogP contribution in [-0.2, 0) is 36.9 Å². The fraction of sp³-hybridized carbons (Fsp3) is 0.568. The number of carbonyl (C=O) groups is 4. The van der Waals surface area contributed by atoms with Crippen LogP contribution < -0.4 is 24.8 Å². The summed E-state index contributed by atoms with van der Waals surface area (Å²) >= 11 is 0. The number of carbonyl (C=O) groups excluding carboxylic acids is 4. The molecule has 1 unspecified atom stereocenters. The van der Waals surface area contributed by atoms with E-state index in [1.54, 1.807) is 24.0 Å². The maximum absolute atomic E-state index is 13.6. The Labute approximate surface area is 289 Å². The van der Waals surface area contributed by atoms with Crippen LogP contribution in [0.1, 0.15) is 57.6 Å². The number of benzene rings is 2. The van der Waals surface area contributed by atoms with Crippen LogP contribution in [0.3, 0.4) is 0 Å². The summed E-state index contributed by atoms with van der Waals surface area (Å²) in [5.74, 6) is 0.947. The van der Waals surface area contributed by atoms with Crippen molar-refractivity contribution in [2.75, 3.05) is 66.2 Å². The average Bonchev–Trinajstić information content (AvgIpc) is 3.29. The third-order valence-corrected chi connectivity index (χ3v) is 8.94. The summed E-state index contributed by atoms with van der Waals surface area (Å²) in [5, 5.41) is 5.86. The van der Waals surface area contributed by atoms with Crippen molar-refractivity contribution in [1.82, 2.24) is 20.4 Å². The van der Waals surface area contributed by atoms with Crippen molar-refractivity contribution in [3.05, 3.63) is 53.6 Å². The fourth-order valence-electron chi connectivity index (χ4n) is 6.15. The van der Waals surface area contributed by atoms with Gasteiger partial charge < -0.3 is 34.5 Å². The monoisotopic (exact) mass is 680 g/mol. The van der Waals surface area contributed by atoms with Crippen LogP contribution in [0.5, 0.6) is 17.2 Å². The van der Waals surface area contributed by atoms with Crippen molar-refractivity contribution in [1.29, 1.82) is 0 Å². The number of nitrogens with zero attached hydrogens (tertiary/aromatic N) is 2. The van der Waals surface area contributed by atoms with E-state index >= 15 is 0 Å². The molecule has 0 saturated heterocycles. The first-order chi connectivity index (χ1) is 23.6. The number of ether oxygens (including phenoxy) is 4. The number of para-hydroxylation sites is 1. The first kappa shape index (κ1) is 37.5. The lowest BCUT2D eigenvalue weighted by Crippen LogP contribution is -2.46. The molecule has 0 saturated carbocycles. The van der Waals surface area contributed by atoms with E-state index in [2.05, 4.69) is 24.5 Å². The number of esters is 1. The zero-order valence-electron chi connectivity index (χ0n) is 29.4. The zero-order chi connectivity index (χ0) is 35.2. The molecule has 268 valence electrons. The van der Waals surface area contributed by atoms with E-state index in [-0.39, 0.29) is 69.5 Å². The summed E-state index contributed by atoms with van der Waals surface area (Å²) < 4.78 is 22.9. The van der Waals surface area contributed by atoms with Gasteiger partial charge in [0.1, 0.15) is 12.4 Å². The van der Waals surface area contributed by atoms with Gasteiger partial charge in [0.25, 0.3) is 5.91 Å². The van der Waals surface area contributed by atoms with Crippen molar-refractivity contribution in [3.63, 3.8) is 0 Å². The quantitative estimate of drug-likeness (QED) is 0.318. The van der Waals surface area contributed by atoms with Gasteiger partial charge in [0, 0.05) is 51.3 Å². The molecule has 2 bridgehead atoms. The van der Waals surface area contributed by atoms with Gasteiger partial charge in [-0.1, -0.05) is 38.1 Å². The molecule has 3 amide bonds. The van der Waals surface area contributed by atoms with E-state index in [0.717, 1.165) is 23.3 Å². The Morgan fingerprint density at radius 1 is 1.00 bits per heavy atom. The predicted molar refractivity (Wildman–Crippen MR) is 184 cm³/mol. The van der Waals surface area contributed by atoms with Crippen molar-refractivity contribution >= 4 is 23.7 Å². The van der Waals surface area contributed by atoms with E-state index < -0.39 is 5.41 Å². The Morgan fingerprint density at radius 3 is 2.59 bits per heavy atom. The van der Waals surface area contributed by atoms with E-state index in [4.69, 9.17) is 18.9 Å². The van der Waals surface area contributed by atoms with E-state index in [1.807, 2.05) is 35.2 Å². The number of hydrogen-bond acceptors (Lipinski definition) is 9. The largest absolute Gasteiger partial charge is 0.493 e. The van der Waals surface area contributed by atoms with Crippen LogP contribution in [0.25, 0.3) is 0 Å². The number of methoxy groups -OCH3 is 1. The number of rotatable bonds is 8.